The second-order valence-corrected chi connectivity index (χ2v) is 6.02. The van der Waals surface area contributed by atoms with Crippen LogP contribution in [-0.2, 0) is 13.0 Å². The van der Waals surface area contributed by atoms with Gasteiger partial charge in [-0.05, 0) is 25.5 Å². The van der Waals surface area contributed by atoms with Crippen LogP contribution in [0.1, 0.15) is 28.1 Å². The zero-order valence-corrected chi connectivity index (χ0v) is 13.2. The molecule has 3 heterocycles. The van der Waals surface area contributed by atoms with E-state index < -0.39 is 0 Å². The summed E-state index contributed by atoms with van der Waals surface area (Å²) < 4.78 is 0. The Morgan fingerprint density at radius 2 is 2.04 bits per heavy atom. The maximum absolute atomic E-state index is 9.53. The fourth-order valence-electron chi connectivity index (χ4n) is 3.30. The summed E-state index contributed by atoms with van der Waals surface area (Å²) in [5, 5.41) is 19.3. The number of para-hydroxylation sites is 1. The molecule has 3 aromatic rings. The maximum Gasteiger partial charge on any atom is 0.169 e. The molecule has 0 radical (unpaired) electrons. The summed E-state index contributed by atoms with van der Waals surface area (Å²) in [6, 6.07) is 10.7. The second-order valence-electron chi connectivity index (χ2n) is 6.02. The first-order valence-corrected chi connectivity index (χ1v) is 7.76. The summed E-state index contributed by atoms with van der Waals surface area (Å²) in [5.41, 5.74) is 6.14. The van der Waals surface area contributed by atoms with Crippen LogP contribution < -0.4 is 4.90 Å². The molecule has 0 fully saturated rings. The van der Waals surface area contributed by atoms with Crippen LogP contribution in [0.25, 0.3) is 10.9 Å². The largest absolute Gasteiger partial charge is 0.358 e. The molecule has 5 heteroatoms. The molecule has 0 atom stereocenters. The monoisotopic (exact) mass is 303 g/mol. The molecule has 114 valence electrons. The summed E-state index contributed by atoms with van der Waals surface area (Å²) in [6.07, 6.45) is 0.920. The van der Waals surface area contributed by atoms with Crippen LogP contribution in [0.15, 0.2) is 24.3 Å². The highest BCUT2D eigenvalue weighted by molar-refractivity contribution is 5.85. The molecular formula is C18H17N5. The summed E-state index contributed by atoms with van der Waals surface area (Å²) in [4.78, 5) is 5.68. The van der Waals surface area contributed by atoms with E-state index >= 15 is 0 Å². The van der Waals surface area contributed by atoms with Crippen molar-refractivity contribution in [3.8, 4) is 6.07 Å². The van der Waals surface area contributed by atoms with E-state index in [9.17, 15) is 5.26 Å². The maximum atomic E-state index is 9.53. The summed E-state index contributed by atoms with van der Waals surface area (Å²) in [5.74, 6) is 0.700. The number of rotatable bonds is 1. The minimum atomic E-state index is 0.640. The average Bonchev–Trinajstić information content (AvgIpc) is 2.95. The SMILES string of the molecule is Cc1nnc(N2CCc3[nH]c4ccccc4c3C2)c(C#N)c1C. The first kappa shape index (κ1) is 13.8. The van der Waals surface area contributed by atoms with E-state index in [1.807, 2.05) is 19.9 Å². The Morgan fingerprint density at radius 3 is 2.87 bits per heavy atom. The molecule has 1 aliphatic rings. The first-order valence-electron chi connectivity index (χ1n) is 7.76. The average molecular weight is 303 g/mol. The van der Waals surface area contributed by atoms with E-state index in [0.717, 1.165) is 30.8 Å². The number of aromatic amines is 1. The fourth-order valence-corrected chi connectivity index (χ4v) is 3.30. The van der Waals surface area contributed by atoms with Gasteiger partial charge in [0, 0.05) is 41.7 Å². The van der Waals surface area contributed by atoms with Gasteiger partial charge in [0.15, 0.2) is 5.82 Å². The summed E-state index contributed by atoms with van der Waals surface area (Å²) in [6.45, 7) is 5.42. The third kappa shape index (κ3) is 2.07. The van der Waals surface area contributed by atoms with Gasteiger partial charge in [0.1, 0.15) is 11.6 Å². The van der Waals surface area contributed by atoms with E-state index in [0.29, 0.717) is 11.4 Å². The zero-order chi connectivity index (χ0) is 16.0. The Bertz CT molecular complexity index is 948. The van der Waals surface area contributed by atoms with Crippen molar-refractivity contribution in [2.24, 2.45) is 0 Å². The lowest BCUT2D eigenvalue weighted by molar-refractivity contribution is 0.704. The van der Waals surface area contributed by atoms with Crippen molar-refractivity contribution in [3.63, 3.8) is 0 Å². The summed E-state index contributed by atoms with van der Waals surface area (Å²) in [7, 11) is 0. The van der Waals surface area contributed by atoms with Gasteiger partial charge in [-0.15, -0.1) is 5.10 Å². The van der Waals surface area contributed by atoms with Crippen LogP contribution in [0.2, 0.25) is 0 Å². The van der Waals surface area contributed by atoms with Crippen LogP contribution in [0.4, 0.5) is 5.82 Å². The van der Waals surface area contributed by atoms with E-state index in [-0.39, 0.29) is 0 Å². The molecule has 5 nitrogen and oxygen atoms in total. The van der Waals surface area contributed by atoms with Crippen LogP contribution in [0, 0.1) is 25.2 Å². The summed E-state index contributed by atoms with van der Waals surface area (Å²) >= 11 is 0. The molecule has 0 aliphatic carbocycles. The smallest absolute Gasteiger partial charge is 0.169 e. The van der Waals surface area contributed by atoms with Crippen molar-refractivity contribution in [2.75, 3.05) is 11.4 Å². The van der Waals surface area contributed by atoms with Gasteiger partial charge in [0.2, 0.25) is 0 Å². The number of fused-ring (bicyclic) bond motifs is 3. The third-order valence-electron chi connectivity index (χ3n) is 4.73. The standard InChI is InChI=1S/C18H17N5/c1-11-12(2)21-22-18(14(11)9-19)23-8-7-17-15(10-23)13-5-3-4-6-16(13)20-17/h3-6,20H,7-8,10H2,1-2H3. The van der Waals surface area contributed by atoms with Crippen molar-refractivity contribution >= 4 is 16.7 Å². The van der Waals surface area contributed by atoms with Gasteiger partial charge in [0.25, 0.3) is 0 Å². The number of aryl methyl sites for hydroxylation is 1. The number of nitriles is 1. The van der Waals surface area contributed by atoms with Gasteiger partial charge >= 0.3 is 0 Å². The number of anilines is 1. The minimum Gasteiger partial charge on any atom is -0.358 e. The third-order valence-corrected chi connectivity index (χ3v) is 4.73. The number of nitrogens with one attached hydrogen (secondary N) is 1. The lowest BCUT2D eigenvalue weighted by atomic mass is 10.0. The van der Waals surface area contributed by atoms with Gasteiger partial charge in [-0.1, -0.05) is 18.2 Å². The molecule has 1 aromatic carbocycles. The zero-order valence-electron chi connectivity index (χ0n) is 13.2. The predicted molar refractivity (Wildman–Crippen MR) is 89.3 cm³/mol. The molecule has 0 bridgehead atoms. The predicted octanol–water partition coefficient (Wildman–Crippen LogP) is 3.01. The Labute approximate surface area is 134 Å². The van der Waals surface area contributed by atoms with Gasteiger partial charge in [-0.3, -0.25) is 0 Å². The molecular weight excluding hydrogens is 286 g/mol. The molecule has 4 rings (SSSR count). The molecule has 1 N–H and O–H groups in total. The minimum absolute atomic E-state index is 0.640. The second kappa shape index (κ2) is 5.10. The topological polar surface area (TPSA) is 68.6 Å². The lowest BCUT2D eigenvalue weighted by Gasteiger charge is -2.29. The highest BCUT2D eigenvalue weighted by atomic mass is 15.3. The van der Waals surface area contributed by atoms with E-state index in [2.05, 4.69) is 44.3 Å². The molecule has 0 amide bonds. The number of nitrogens with zero attached hydrogens (tertiary/aromatic N) is 4. The molecule has 2 aromatic heterocycles. The van der Waals surface area contributed by atoms with Gasteiger partial charge in [0.05, 0.1) is 5.69 Å². The number of aromatic nitrogens is 3. The van der Waals surface area contributed by atoms with Crippen LogP contribution >= 0.6 is 0 Å². The highest BCUT2D eigenvalue weighted by Gasteiger charge is 2.24. The molecule has 0 saturated heterocycles. The number of hydrogen-bond donors (Lipinski definition) is 1. The van der Waals surface area contributed by atoms with E-state index in [4.69, 9.17) is 0 Å². The number of H-pyrrole nitrogens is 1. The molecule has 0 unspecified atom stereocenters. The normalized spacial score (nSPS) is 13.9. The first-order chi connectivity index (χ1) is 11.2. The number of benzene rings is 1. The molecule has 1 aliphatic heterocycles. The highest BCUT2D eigenvalue weighted by Crippen LogP contribution is 2.31. The Morgan fingerprint density at radius 1 is 1.22 bits per heavy atom. The quantitative estimate of drug-likeness (QED) is 0.750. The van der Waals surface area contributed by atoms with Gasteiger partial charge in [-0.25, -0.2) is 0 Å². The lowest BCUT2D eigenvalue weighted by Crippen LogP contribution is -2.32. The van der Waals surface area contributed by atoms with Crippen molar-refractivity contribution in [1.82, 2.24) is 15.2 Å². The van der Waals surface area contributed by atoms with Crippen molar-refractivity contribution in [1.29, 1.82) is 5.26 Å². The van der Waals surface area contributed by atoms with Gasteiger partial charge in [-0.2, -0.15) is 10.4 Å². The van der Waals surface area contributed by atoms with E-state index in [1.54, 1.807) is 0 Å². The molecule has 0 saturated carbocycles. The van der Waals surface area contributed by atoms with Gasteiger partial charge < -0.3 is 9.88 Å². The van der Waals surface area contributed by atoms with E-state index in [1.165, 1.54) is 22.2 Å². The Kier molecular flexibility index (Phi) is 3.05. The van der Waals surface area contributed by atoms with Crippen LogP contribution in [-0.4, -0.2) is 21.7 Å². The van der Waals surface area contributed by atoms with Crippen molar-refractivity contribution in [2.45, 2.75) is 26.8 Å². The number of hydrogen-bond acceptors (Lipinski definition) is 4. The molecule has 0 spiro atoms. The van der Waals surface area contributed by atoms with Crippen molar-refractivity contribution in [3.05, 3.63) is 52.3 Å². The fraction of sp³-hybridized carbons (Fsp3) is 0.278. The Balaban J connectivity index is 1.80. The van der Waals surface area contributed by atoms with Crippen LogP contribution in [0.5, 0.6) is 0 Å². The Hall–Kier alpha value is -2.87. The molecule has 23 heavy (non-hydrogen) atoms. The van der Waals surface area contributed by atoms with Crippen LogP contribution in [0.3, 0.4) is 0 Å². The van der Waals surface area contributed by atoms with Crippen molar-refractivity contribution < 1.29 is 0 Å².